The number of aromatic amines is 2. The van der Waals surface area contributed by atoms with E-state index in [0.717, 1.165) is 69.4 Å². The van der Waals surface area contributed by atoms with E-state index in [1.807, 2.05) is 12.4 Å². The Hall–Kier alpha value is -2.64. The van der Waals surface area contributed by atoms with Crippen molar-refractivity contribution in [3.8, 4) is 0 Å². The number of aromatic nitrogens is 4. The number of rotatable bonds is 19. The number of aryl methyl sites for hydroxylation is 2. The maximum absolute atomic E-state index is 11.5. The third-order valence-electron chi connectivity index (χ3n) is 5.76. The molecule has 0 atom stereocenters. The lowest BCUT2D eigenvalue weighted by Gasteiger charge is -2.04. The van der Waals surface area contributed by atoms with Crippen LogP contribution in [0.1, 0.15) is 109 Å². The lowest BCUT2D eigenvalue weighted by Crippen LogP contribution is -2.24. The van der Waals surface area contributed by atoms with E-state index >= 15 is 0 Å². The average Bonchev–Trinajstić information content (AvgIpc) is 3.57. The highest BCUT2D eigenvalue weighted by molar-refractivity contribution is 5.76. The molecule has 2 aromatic heterocycles. The fraction of sp³-hybridized carbons (Fsp3) is 0.704. The standard InChI is InChI=1S/C14H25N3O.C13H23N3O/c1-2-3-4-5-6-9-14(18)16-10-7-8-13-11-15-12-17-13;1-2-3-4-5-8-13(17)15-9-6-7-12-10-14-11-16-12/h11-12H,2-10H2,1H3,(H,15,17)(H,16,18);10-11H,2-9H2,1H3,(H,14,16)(H,15,17). The molecule has 198 valence electrons. The first-order valence-electron chi connectivity index (χ1n) is 13.6. The van der Waals surface area contributed by atoms with Gasteiger partial charge in [-0.15, -0.1) is 0 Å². The Morgan fingerprint density at radius 3 is 1.49 bits per heavy atom. The van der Waals surface area contributed by atoms with Gasteiger partial charge in [-0.25, -0.2) is 9.97 Å². The molecule has 0 unspecified atom stereocenters. The Morgan fingerprint density at radius 2 is 1.09 bits per heavy atom. The summed E-state index contributed by atoms with van der Waals surface area (Å²) in [5.41, 5.74) is 2.26. The molecule has 0 aromatic carbocycles. The van der Waals surface area contributed by atoms with Crippen LogP contribution in [0, 0.1) is 0 Å². The van der Waals surface area contributed by atoms with E-state index in [1.54, 1.807) is 12.7 Å². The zero-order valence-electron chi connectivity index (χ0n) is 22.0. The molecule has 0 radical (unpaired) electrons. The van der Waals surface area contributed by atoms with Gasteiger partial charge >= 0.3 is 0 Å². The number of nitrogens with zero attached hydrogens (tertiary/aromatic N) is 2. The van der Waals surface area contributed by atoms with Crippen LogP contribution in [0.4, 0.5) is 0 Å². The quantitative estimate of drug-likeness (QED) is 0.202. The Bertz CT molecular complexity index is 731. The van der Waals surface area contributed by atoms with Crippen molar-refractivity contribution in [1.82, 2.24) is 30.6 Å². The Morgan fingerprint density at radius 1 is 0.657 bits per heavy atom. The van der Waals surface area contributed by atoms with Gasteiger partial charge in [-0.2, -0.15) is 0 Å². The number of unbranched alkanes of at least 4 members (excludes halogenated alkanes) is 7. The van der Waals surface area contributed by atoms with Gasteiger partial charge in [0.05, 0.1) is 12.7 Å². The molecule has 2 aromatic rings. The molecule has 0 saturated heterocycles. The van der Waals surface area contributed by atoms with E-state index < -0.39 is 0 Å². The van der Waals surface area contributed by atoms with Gasteiger partial charge in [0.1, 0.15) is 0 Å². The molecule has 2 rings (SSSR count). The first kappa shape index (κ1) is 30.4. The van der Waals surface area contributed by atoms with Crippen molar-refractivity contribution in [2.45, 2.75) is 110 Å². The predicted octanol–water partition coefficient (Wildman–Crippen LogP) is 5.25. The number of carbonyl (C=O) groups excluding carboxylic acids is 2. The topological polar surface area (TPSA) is 116 Å². The molecule has 0 aliphatic heterocycles. The van der Waals surface area contributed by atoms with Crippen molar-refractivity contribution in [3.63, 3.8) is 0 Å². The van der Waals surface area contributed by atoms with E-state index in [2.05, 4.69) is 44.4 Å². The molecule has 0 bridgehead atoms. The summed E-state index contributed by atoms with van der Waals surface area (Å²) < 4.78 is 0. The predicted molar refractivity (Wildman–Crippen MR) is 142 cm³/mol. The first-order chi connectivity index (χ1) is 17.2. The van der Waals surface area contributed by atoms with E-state index in [-0.39, 0.29) is 11.8 Å². The van der Waals surface area contributed by atoms with Crippen molar-refractivity contribution in [2.24, 2.45) is 0 Å². The molecule has 0 aliphatic carbocycles. The van der Waals surface area contributed by atoms with Crippen LogP contribution in [0.2, 0.25) is 0 Å². The van der Waals surface area contributed by atoms with Crippen molar-refractivity contribution in [3.05, 3.63) is 36.4 Å². The minimum Gasteiger partial charge on any atom is -0.356 e. The summed E-state index contributed by atoms with van der Waals surface area (Å²) in [6, 6.07) is 0. The van der Waals surface area contributed by atoms with E-state index in [0.29, 0.717) is 12.8 Å². The van der Waals surface area contributed by atoms with Gasteiger partial charge in [0.2, 0.25) is 11.8 Å². The maximum atomic E-state index is 11.5. The summed E-state index contributed by atoms with van der Waals surface area (Å²) in [6.45, 7) is 5.89. The molecule has 4 N–H and O–H groups in total. The van der Waals surface area contributed by atoms with Crippen LogP contribution < -0.4 is 10.6 Å². The molecular weight excluding hydrogens is 440 g/mol. The third kappa shape index (κ3) is 18.4. The Labute approximate surface area is 211 Å². The summed E-state index contributed by atoms with van der Waals surface area (Å²) in [6.07, 6.45) is 22.8. The highest BCUT2D eigenvalue weighted by Crippen LogP contribution is 2.05. The highest BCUT2D eigenvalue weighted by Gasteiger charge is 2.02. The van der Waals surface area contributed by atoms with Gasteiger partial charge in [-0.3, -0.25) is 9.59 Å². The molecule has 0 aliphatic rings. The molecule has 8 heteroatoms. The second-order valence-electron chi connectivity index (χ2n) is 9.04. The molecule has 2 heterocycles. The van der Waals surface area contributed by atoms with Gasteiger partial charge in [0, 0.05) is 49.7 Å². The monoisotopic (exact) mass is 488 g/mol. The van der Waals surface area contributed by atoms with Crippen LogP contribution >= 0.6 is 0 Å². The summed E-state index contributed by atoms with van der Waals surface area (Å²) in [4.78, 5) is 37.0. The van der Waals surface area contributed by atoms with Gasteiger partial charge < -0.3 is 20.6 Å². The van der Waals surface area contributed by atoms with Crippen LogP contribution in [-0.2, 0) is 22.4 Å². The van der Waals surface area contributed by atoms with Crippen LogP contribution in [0.3, 0.4) is 0 Å². The van der Waals surface area contributed by atoms with Crippen molar-refractivity contribution in [1.29, 1.82) is 0 Å². The molecule has 0 saturated carbocycles. The lowest BCUT2D eigenvalue weighted by atomic mass is 10.1. The zero-order valence-corrected chi connectivity index (χ0v) is 22.0. The van der Waals surface area contributed by atoms with Crippen LogP contribution in [0.15, 0.2) is 25.0 Å². The number of hydrogen-bond acceptors (Lipinski definition) is 4. The van der Waals surface area contributed by atoms with Crippen LogP contribution in [0.5, 0.6) is 0 Å². The number of carbonyl (C=O) groups is 2. The minimum absolute atomic E-state index is 0.186. The van der Waals surface area contributed by atoms with E-state index in [1.165, 1.54) is 38.5 Å². The highest BCUT2D eigenvalue weighted by atomic mass is 16.2. The molecule has 0 fully saturated rings. The molecule has 2 amide bonds. The second-order valence-corrected chi connectivity index (χ2v) is 9.04. The molecule has 8 nitrogen and oxygen atoms in total. The molecular formula is C27H48N6O2. The number of hydrogen-bond donors (Lipinski definition) is 4. The summed E-state index contributed by atoms with van der Waals surface area (Å²) in [7, 11) is 0. The summed E-state index contributed by atoms with van der Waals surface area (Å²) in [5.74, 6) is 0.377. The summed E-state index contributed by atoms with van der Waals surface area (Å²) in [5, 5.41) is 5.91. The van der Waals surface area contributed by atoms with Crippen LogP contribution in [-0.4, -0.2) is 44.8 Å². The van der Waals surface area contributed by atoms with Gasteiger partial charge in [0.25, 0.3) is 0 Å². The molecule has 0 spiro atoms. The van der Waals surface area contributed by atoms with Crippen LogP contribution in [0.25, 0.3) is 0 Å². The number of imidazole rings is 2. The Balaban J connectivity index is 0.000000351. The largest absolute Gasteiger partial charge is 0.356 e. The zero-order chi connectivity index (χ0) is 25.4. The number of nitrogens with one attached hydrogen (secondary N) is 4. The second kappa shape index (κ2) is 21.9. The SMILES string of the molecule is CCCCCCC(=O)NCCCc1cnc[nH]1.CCCCCCCC(=O)NCCCc1cnc[nH]1. The lowest BCUT2D eigenvalue weighted by molar-refractivity contribution is -0.122. The van der Waals surface area contributed by atoms with Crippen molar-refractivity contribution >= 4 is 11.8 Å². The van der Waals surface area contributed by atoms with Gasteiger partial charge in [0.15, 0.2) is 0 Å². The number of H-pyrrole nitrogens is 2. The fourth-order valence-electron chi connectivity index (χ4n) is 3.63. The van der Waals surface area contributed by atoms with E-state index in [9.17, 15) is 9.59 Å². The Kier molecular flexibility index (Phi) is 19.0. The normalized spacial score (nSPS) is 10.5. The van der Waals surface area contributed by atoms with Gasteiger partial charge in [-0.1, -0.05) is 58.8 Å². The van der Waals surface area contributed by atoms with Crippen molar-refractivity contribution < 1.29 is 9.59 Å². The summed E-state index contributed by atoms with van der Waals surface area (Å²) >= 11 is 0. The fourth-order valence-corrected chi connectivity index (χ4v) is 3.63. The molecule has 35 heavy (non-hydrogen) atoms. The van der Waals surface area contributed by atoms with Gasteiger partial charge in [-0.05, 0) is 38.5 Å². The third-order valence-corrected chi connectivity index (χ3v) is 5.76. The first-order valence-corrected chi connectivity index (χ1v) is 13.6. The maximum Gasteiger partial charge on any atom is 0.219 e. The average molecular weight is 489 g/mol. The smallest absolute Gasteiger partial charge is 0.219 e. The number of amides is 2. The minimum atomic E-state index is 0.186. The van der Waals surface area contributed by atoms with Crippen molar-refractivity contribution in [2.75, 3.05) is 13.1 Å². The van der Waals surface area contributed by atoms with E-state index in [4.69, 9.17) is 0 Å².